The summed E-state index contributed by atoms with van der Waals surface area (Å²) in [6.07, 6.45) is 1.89. The van der Waals surface area contributed by atoms with Gasteiger partial charge >= 0.3 is 0 Å². The van der Waals surface area contributed by atoms with Crippen molar-refractivity contribution in [3.8, 4) is 0 Å². The topological polar surface area (TPSA) is 127 Å². The zero-order chi connectivity index (χ0) is 17.4. The first-order chi connectivity index (χ1) is 12.0. The molecule has 2 aromatic heterocycles. The first-order valence-electron chi connectivity index (χ1n) is 7.67. The molecule has 0 fully saturated rings. The Morgan fingerprint density at radius 2 is 2.20 bits per heavy atom. The van der Waals surface area contributed by atoms with Crippen LogP contribution in [0.2, 0.25) is 0 Å². The van der Waals surface area contributed by atoms with Crippen molar-refractivity contribution in [2.75, 3.05) is 5.32 Å². The maximum Gasteiger partial charge on any atom is 0.216 e. The number of hydrogen-bond acceptors (Lipinski definition) is 9. The summed E-state index contributed by atoms with van der Waals surface area (Å²) >= 11 is 1.63. The van der Waals surface area contributed by atoms with Crippen molar-refractivity contribution >= 4 is 39.2 Å². The summed E-state index contributed by atoms with van der Waals surface area (Å²) in [5.41, 5.74) is 14.0. The highest BCUT2D eigenvalue weighted by Crippen LogP contribution is 2.25. The van der Waals surface area contributed by atoms with Gasteiger partial charge in [-0.2, -0.15) is 0 Å². The molecule has 1 aromatic carbocycles. The fraction of sp³-hybridized carbons (Fsp3) is 0.188. The predicted octanol–water partition coefficient (Wildman–Crippen LogP) is 1.74. The Bertz CT molecular complexity index is 976. The molecule has 25 heavy (non-hydrogen) atoms. The van der Waals surface area contributed by atoms with Crippen molar-refractivity contribution in [2.45, 2.75) is 19.1 Å². The summed E-state index contributed by atoms with van der Waals surface area (Å²) in [6.45, 7) is 1.99. The van der Waals surface area contributed by atoms with Crippen molar-refractivity contribution in [1.82, 2.24) is 10.3 Å². The molecule has 128 valence electrons. The van der Waals surface area contributed by atoms with Crippen LogP contribution in [0.15, 0.2) is 51.0 Å². The summed E-state index contributed by atoms with van der Waals surface area (Å²) in [7, 11) is 0. The number of aliphatic imine (C=N–C) groups is 2. The molecule has 0 saturated carbocycles. The zero-order valence-corrected chi connectivity index (χ0v) is 14.3. The number of nitrogens with one attached hydrogen (secondary N) is 2. The lowest BCUT2D eigenvalue weighted by atomic mass is 10.2. The van der Waals surface area contributed by atoms with Gasteiger partial charge in [-0.3, -0.25) is 11.1 Å². The lowest BCUT2D eigenvalue weighted by molar-refractivity contribution is 0.399. The van der Waals surface area contributed by atoms with Crippen LogP contribution in [0.5, 0.6) is 0 Å². The highest BCUT2D eigenvalue weighted by atomic mass is 32.1. The number of fused-ring (bicyclic) bond motifs is 1. The minimum absolute atomic E-state index is 0.196. The number of thiazole rings is 1. The number of hydrogen-bond donors (Lipinski definition) is 4. The Balaban J connectivity index is 1.59. The van der Waals surface area contributed by atoms with Gasteiger partial charge in [-0.15, -0.1) is 11.3 Å². The van der Waals surface area contributed by atoms with Gasteiger partial charge in [0.2, 0.25) is 11.7 Å². The normalized spacial score (nSPS) is 20.1. The number of aryl methyl sites for hydroxylation is 1. The Morgan fingerprint density at radius 3 is 3.00 bits per heavy atom. The third-order valence-corrected chi connectivity index (χ3v) is 4.57. The highest BCUT2D eigenvalue weighted by Gasteiger charge is 2.30. The molecular weight excluding hydrogens is 338 g/mol. The first kappa shape index (κ1) is 15.6. The van der Waals surface area contributed by atoms with Crippen LogP contribution in [-0.2, 0) is 6.42 Å². The van der Waals surface area contributed by atoms with Crippen LogP contribution in [0.1, 0.15) is 10.8 Å². The van der Waals surface area contributed by atoms with Gasteiger partial charge in [-0.25, -0.2) is 15.0 Å². The molecule has 0 aliphatic carbocycles. The van der Waals surface area contributed by atoms with Crippen molar-refractivity contribution < 1.29 is 4.42 Å². The Hall–Kier alpha value is -2.91. The number of benzene rings is 1. The number of guanidine groups is 2. The predicted molar refractivity (Wildman–Crippen MR) is 99.5 cm³/mol. The average molecular weight is 355 g/mol. The van der Waals surface area contributed by atoms with E-state index in [-0.39, 0.29) is 5.96 Å². The lowest BCUT2D eigenvalue weighted by Crippen LogP contribution is -2.53. The second kappa shape index (κ2) is 5.87. The van der Waals surface area contributed by atoms with Crippen molar-refractivity contribution in [3.05, 3.63) is 47.4 Å². The number of nitrogens with two attached hydrogens (primary N) is 2. The molecule has 6 N–H and O–H groups in total. The maximum atomic E-state index is 6.28. The minimum Gasteiger partial charge on any atom is -0.469 e. The van der Waals surface area contributed by atoms with E-state index in [1.807, 2.05) is 31.2 Å². The van der Waals surface area contributed by atoms with Crippen molar-refractivity contribution in [1.29, 1.82) is 0 Å². The molecule has 0 bridgehead atoms. The molecule has 0 amide bonds. The molecule has 1 unspecified atom stereocenters. The highest BCUT2D eigenvalue weighted by molar-refractivity contribution is 7.18. The second-order valence-corrected chi connectivity index (χ2v) is 6.99. The Morgan fingerprint density at radius 1 is 1.32 bits per heavy atom. The summed E-state index contributed by atoms with van der Waals surface area (Å²) in [5.74, 6) is 0.0924. The molecule has 0 saturated heterocycles. The zero-order valence-electron chi connectivity index (χ0n) is 13.5. The van der Waals surface area contributed by atoms with E-state index in [9.17, 15) is 0 Å². The van der Waals surface area contributed by atoms with Crippen LogP contribution in [0.25, 0.3) is 10.2 Å². The van der Waals surface area contributed by atoms with E-state index < -0.39 is 5.79 Å². The van der Waals surface area contributed by atoms with E-state index in [1.165, 1.54) is 0 Å². The monoisotopic (exact) mass is 355 g/mol. The van der Waals surface area contributed by atoms with Crippen molar-refractivity contribution in [3.63, 3.8) is 0 Å². The Kier molecular flexibility index (Phi) is 3.66. The van der Waals surface area contributed by atoms with Crippen LogP contribution in [0.3, 0.4) is 0 Å². The van der Waals surface area contributed by atoms with E-state index in [4.69, 9.17) is 15.9 Å². The van der Waals surface area contributed by atoms with Crippen LogP contribution in [0.4, 0.5) is 5.69 Å². The van der Waals surface area contributed by atoms with Crippen molar-refractivity contribution in [2.24, 2.45) is 21.5 Å². The van der Waals surface area contributed by atoms with E-state index >= 15 is 0 Å². The molecule has 3 aromatic rings. The molecule has 3 heterocycles. The maximum absolute atomic E-state index is 6.28. The van der Waals surface area contributed by atoms with Gasteiger partial charge in [0, 0.05) is 5.69 Å². The van der Waals surface area contributed by atoms with Gasteiger partial charge in [-0.05, 0) is 37.3 Å². The summed E-state index contributed by atoms with van der Waals surface area (Å²) < 4.78 is 6.43. The molecule has 8 nitrogen and oxygen atoms in total. The molecule has 9 heteroatoms. The van der Waals surface area contributed by atoms with E-state index in [0.717, 1.165) is 20.9 Å². The van der Waals surface area contributed by atoms with Gasteiger partial charge in [-0.1, -0.05) is 0 Å². The van der Waals surface area contributed by atoms with Gasteiger partial charge in [0.1, 0.15) is 5.76 Å². The molecule has 0 radical (unpaired) electrons. The second-order valence-electron chi connectivity index (χ2n) is 5.76. The standard InChI is InChI=1S/C16H17N7OS/c1-9-19-12-5-4-10(7-13(12)25-9)20-15-21-14(17)22-16(18,23-15)8-11-3-2-6-24-11/h2-7H,8,18H2,1H3,(H4,17,20,21,22,23). The number of aromatic nitrogens is 1. The molecule has 4 rings (SSSR count). The molecular formula is C16H17N7OS. The SMILES string of the molecule is Cc1nc2ccc(NC3=NC(N)(Cc4ccco4)N=C(N)N3)cc2s1. The molecule has 1 atom stereocenters. The summed E-state index contributed by atoms with van der Waals surface area (Å²) in [6, 6.07) is 9.52. The van der Waals surface area contributed by atoms with Gasteiger partial charge in [0.15, 0.2) is 5.96 Å². The van der Waals surface area contributed by atoms with Crippen LogP contribution >= 0.6 is 11.3 Å². The number of anilines is 1. The number of furan rings is 1. The molecule has 1 aliphatic rings. The summed E-state index contributed by atoms with van der Waals surface area (Å²) in [5, 5.41) is 7.11. The van der Waals surface area contributed by atoms with E-state index in [2.05, 4.69) is 25.6 Å². The fourth-order valence-electron chi connectivity index (χ4n) is 2.67. The van der Waals surface area contributed by atoms with Crippen LogP contribution in [0, 0.1) is 6.92 Å². The van der Waals surface area contributed by atoms with Gasteiger partial charge in [0.25, 0.3) is 0 Å². The number of rotatable bonds is 3. The van der Waals surface area contributed by atoms with E-state index in [1.54, 1.807) is 23.7 Å². The fourth-order valence-corrected chi connectivity index (χ4v) is 3.53. The minimum atomic E-state index is -1.22. The van der Waals surface area contributed by atoms with Crippen LogP contribution in [-0.4, -0.2) is 22.7 Å². The molecule has 1 aliphatic heterocycles. The third kappa shape index (κ3) is 3.32. The quantitative estimate of drug-likeness (QED) is 0.567. The van der Waals surface area contributed by atoms with Gasteiger partial charge in [0.05, 0.1) is 27.9 Å². The number of nitrogens with zero attached hydrogens (tertiary/aromatic N) is 3. The van der Waals surface area contributed by atoms with Crippen LogP contribution < -0.4 is 22.1 Å². The largest absolute Gasteiger partial charge is 0.469 e. The molecule has 0 spiro atoms. The lowest BCUT2D eigenvalue weighted by Gasteiger charge is -2.27. The first-order valence-corrected chi connectivity index (χ1v) is 8.48. The van der Waals surface area contributed by atoms with E-state index in [0.29, 0.717) is 18.1 Å². The third-order valence-electron chi connectivity index (χ3n) is 3.64. The Labute approximate surface area is 147 Å². The average Bonchev–Trinajstić information content (AvgIpc) is 3.13. The summed E-state index contributed by atoms with van der Waals surface area (Å²) in [4.78, 5) is 13.1. The smallest absolute Gasteiger partial charge is 0.216 e. The van der Waals surface area contributed by atoms with Gasteiger partial charge < -0.3 is 15.5 Å².